The Morgan fingerprint density at radius 2 is 1.68 bits per heavy atom. The molecule has 102 valence electrons. The molecule has 0 aliphatic rings. The van der Waals surface area contributed by atoms with Gasteiger partial charge in [0.25, 0.3) is 0 Å². The molecule has 0 saturated carbocycles. The van der Waals surface area contributed by atoms with Crippen LogP contribution < -0.4 is 0 Å². The van der Waals surface area contributed by atoms with Crippen LogP contribution in [0.1, 0.15) is 33.0 Å². The molecule has 0 spiro atoms. The van der Waals surface area contributed by atoms with Gasteiger partial charge in [0.1, 0.15) is 11.5 Å². The van der Waals surface area contributed by atoms with Crippen LogP contribution in [0, 0.1) is 32.4 Å². The van der Waals surface area contributed by atoms with E-state index >= 15 is 0 Å². The number of rotatable bonds is 2. The summed E-state index contributed by atoms with van der Waals surface area (Å²) < 4.78 is 32.0. The summed E-state index contributed by atoms with van der Waals surface area (Å²) in [5, 5.41) is 0.179. The molecule has 0 radical (unpaired) electrons. The monoisotopic (exact) mass is 348 g/mol. The SMILES string of the molecule is Cc1oc(C)c(C(Br)c2cc(F)c(F)cc2Cl)c1C. The highest BCUT2D eigenvalue weighted by Crippen LogP contribution is 2.40. The van der Waals surface area contributed by atoms with Crippen molar-refractivity contribution >= 4 is 27.5 Å². The van der Waals surface area contributed by atoms with Crippen LogP contribution in [-0.2, 0) is 0 Å². The second-order valence-electron chi connectivity index (χ2n) is 4.40. The zero-order valence-electron chi connectivity index (χ0n) is 10.7. The van der Waals surface area contributed by atoms with Crippen molar-refractivity contribution in [1.29, 1.82) is 0 Å². The number of hydrogen-bond acceptors (Lipinski definition) is 1. The van der Waals surface area contributed by atoms with Gasteiger partial charge >= 0.3 is 0 Å². The summed E-state index contributed by atoms with van der Waals surface area (Å²) in [6.45, 7) is 5.61. The minimum absolute atomic E-state index is 0.179. The summed E-state index contributed by atoms with van der Waals surface area (Å²) in [6.07, 6.45) is 0. The van der Waals surface area contributed by atoms with Gasteiger partial charge in [-0.25, -0.2) is 8.78 Å². The van der Waals surface area contributed by atoms with Gasteiger partial charge in [0, 0.05) is 10.6 Å². The van der Waals surface area contributed by atoms with Gasteiger partial charge in [-0.15, -0.1) is 0 Å². The molecule has 1 aromatic heterocycles. The van der Waals surface area contributed by atoms with Crippen LogP contribution in [0.3, 0.4) is 0 Å². The molecule has 0 aliphatic heterocycles. The van der Waals surface area contributed by atoms with Crippen LogP contribution in [0.5, 0.6) is 0 Å². The fourth-order valence-electron chi connectivity index (χ4n) is 2.07. The van der Waals surface area contributed by atoms with Gasteiger partial charge in [-0.2, -0.15) is 0 Å². The fourth-order valence-corrected chi connectivity index (χ4v) is 3.51. The quantitative estimate of drug-likeness (QED) is 0.506. The van der Waals surface area contributed by atoms with E-state index in [4.69, 9.17) is 16.0 Å². The first-order valence-corrected chi connectivity index (χ1v) is 6.97. The Labute approximate surface area is 123 Å². The van der Waals surface area contributed by atoms with Gasteiger partial charge in [-0.05, 0) is 44.0 Å². The van der Waals surface area contributed by atoms with Crippen molar-refractivity contribution in [3.63, 3.8) is 0 Å². The van der Waals surface area contributed by atoms with E-state index < -0.39 is 11.6 Å². The van der Waals surface area contributed by atoms with E-state index in [1.807, 2.05) is 20.8 Å². The van der Waals surface area contributed by atoms with Gasteiger partial charge in [-0.3, -0.25) is 0 Å². The van der Waals surface area contributed by atoms with Gasteiger partial charge in [0.15, 0.2) is 11.6 Å². The molecule has 0 fully saturated rings. The van der Waals surface area contributed by atoms with Crippen molar-refractivity contribution in [3.8, 4) is 0 Å². The predicted molar refractivity (Wildman–Crippen MR) is 75.1 cm³/mol. The molecule has 1 aromatic carbocycles. The minimum atomic E-state index is -0.953. The Hall–Kier alpha value is -0.870. The van der Waals surface area contributed by atoms with E-state index in [0.717, 1.165) is 34.8 Å². The van der Waals surface area contributed by atoms with Crippen LogP contribution in [0.4, 0.5) is 8.78 Å². The van der Waals surface area contributed by atoms with E-state index in [1.165, 1.54) is 0 Å². The summed E-state index contributed by atoms with van der Waals surface area (Å²) >= 11 is 9.48. The lowest BCUT2D eigenvalue weighted by atomic mass is 10.0. The van der Waals surface area contributed by atoms with Crippen LogP contribution in [-0.4, -0.2) is 0 Å². The lowest BCUT2D eigenvalue weighted by Gasteiger charge is -2.13. The zero-order chi connectivity index (χ0) is 14.3. The van der Waals surface area contributed by atoms with Crippen molar-refractivity contribution in [2.24, 2.45) is 0 Å². The van der Waals surface area contributed by atoms with E-state index in [2.05, 4.69) is 15.9 Å². The molecular weight excluding hydrogens is 338 g/mol. The third-order valence-electron chi connectivity index (χ3n) is 3.18. The number of halogens is 4. The van der Waals surface area contributed by atoms with E-state index in [-0.39, 0.29) is 9.85 Å². The number of hydrogen-bond donors (Lipinski definition) is 0. The molecule has 0 aliphatic carbocycles. The molecule has 1 atom stereocenters. The molecule has 1 nitrogen and oxygen atoms in total. The summed E-state index contributed by atoms with van der Waals surface area (Å²) in [5.41, 5.74) is 2.35. The average Bonchev–Trinajstić information content (AvgIpc) is 2.57. The summed E-state index contributed by atoms with van der Waals surface area (Å²) in [5.74, 6) is -0.335. The Balaban J connectivity index is 2.56. The first-order valence-electron chi connectivity index (χ1n) is 5.68. The molecule has 5 heteroatoms. The Kier molecular flexibility index (Phi) is 4.02. The standard InChI is InChI=1S/C14H12BrClF2O/c1-6-7(2)19-8(3)13(6)14(15)9-4-11(17)12(18)5-10(9)16/h4-5,14H,1-3H3. The second-order valence-corrected chi connectivity index (χ2v) is 5.73. The van der Waals surface area contributed by atoms with Crippen LogP contribution in [0.15, 0.2) is 16.5 Å². The van der Waals surface area contributed by atoms with E-state index in [1.54, 1.807) is 0 Å². The molecule has 0 amide bonds. The Morgan fingerprint density at radius 1 is 1.11 bits per heavy atom. The van der Waals surface area contributed by atoms with Crippen LogP contribution >= 0.6 is 27.5 Å². The first-order chi connectivity index (χ1) is 8.82. The van der Waals surface area contributed by atoms with Gasteiger partial charge < -0.3 is 4.42 Å². The maximum Gasteiger partial charge on any atom is 0.160 e. The number of benzene rings is 1. The van der Waals surface area contributed by atoms with Crippen LogP contribution in [0.25, 0.3) is 0 Å². The largest absolute Gasteiger partial charge is 0.466 e. The fraction of sp³-hybridized carbons (Fsp3) is 0.286. The van der Waals surface area contributed by atoms with Gasteiger partial charge in [-0.1, -0.05) is 27.5 Å². The third kappa shape index (κ3) is 2.56. The summed E-state index contributed by atoms with van der Waals surface area (Å²) in [6, 6.07) is 2.09. The lowest BCUT2D eigenvalue weighted by molar-refractivity contribution is 0.499. The van der Waals surface area contributed by atoms with Crippen molar-refractivity contribution in [2.45, 2.75) is 25.6 Å². The molecule has 1 unspecified atom stereocenters. The lowest BCUT2D eigenvalue weighted by Crippen LogP contribution is -1.99. The molecule has 2 rings (SSSR count). The van der Waals surface area contributed by atoms with Crippen molar-refractivity contribution in [3.05, 3.63) is 57.0 Å². The number of alkyl halides is 1. The Bertz CT molecular complexity index is 637. The molecule has 0 saturated heterocycles. The van der Waals surface area contributed by atoms with Crippen molar-refractivity contribution < 1.29 is 13.2 Å². The Morgan fingerprint density at radius 3 is 2.21 bits per heavy atom. The molecule has 1 heterocycles. The van der Waals surface area contributed by atoms with Crippen LogP contribution in [0.2, 0.25) is 5.02 Å². The van der Waals surface area contributed by atoms with Crippen molar-refractivity contribution in [1.82, 2.24) is 0 Å². The highest BCUT2D eigenvalue weighted by atomic mass is 79.9. The molecule has 19 heavy (non-hydrogen) atoms. The van der Waals surface area contributed by atoms with Gasteiger partial charge in [0.2, 0.25) is 0 Å². The predicted octanol–water partition coefficient (Wildman–Crippen LogP) is 5.62. The highest BCUT2D eigenvalue weighted by Gasteiger charge is 2.23. The topological polar surface area (TPSA) is 13.1 Å². The summed E-state index contributed by atoms with van der Waals surface area (Å²) in [7, 11) is 0. The zero-order valence-corrected chi connectivity index (χ0v) is 13.0. The normalized spacial score (nSPS) is 12.8. The molecule has 2 aromatic rings. The molecule has 0 N–H and O–H groups in total. The highest BCUT2D eigenvalue weighted by molar-refractivity contribution is 9.09. The van der Waals surface area contributed by atoms with Crippen molar-refractivity contribution in [2.75, 3.05) is 0 Å². The summed E-state index contributed by atoms with van der Waals surface area (Å²) in [4.78, 5) is -0.340. The average molecular weight is 350 g/mol. The minimum Gasteiger partial charge on any atom is -0.466 e. The number of aryl methyl sites for hydroxylation is 2. The molecule has 0 bridgehead atoms. The molecular formula is C14H12BrClF2O. The first kappa shape index (κ1) is 14.5. The van der Waals surface area contributed by atoms with Gasteiger partial charge in [0.05, 0.1) is 4.83 Å². The second kappa shape index (κ2) is 5.25. The van der Waals surface area contributed by atoms with E-state index in [0.29, 0.717) is 5.56 Å². The number of furan rings is 1. The van der Waals surface area contributed by atoms with E-state index in [9.17, 15) is 8.78 Å². The maximum absolute atomic E-state index is 13.4. The smallest absolute Gasteiger partial charge is 0.160 e. The maximum atomic E-state index is 13.4. The third-order valence-corrected chi connectivity index (χ3v) is 4.46.